The van der Waals surface area contributed by atoms with Gasteiger partial charge < -0.3 is 33.8 Å². The molecule has 0 amide bonds. The number of phosphoric acid groups is 2. The minimum absolute atomic E-state index is 0.106. The highest BCUT2D eigenvalue weighted by Crippen LogP contribution is 2.45. The topological polar surface area (TPSA) is 237 Å². The summed E-state index contributed by atoms with van der Waals surface area (Å²) in [6.45, 7) is 12.0. The second-order valence-corrected chi connectivity index (χ2v) is 35.3. The van der Waals surface area contributed by atoms with E-state index in [-0.39, 0.29) is 25.7 Å². The van der Waals surface area contributed by atoms with E-state index in [9.17, 15) is 43.2 Å². The van der Waals surface area contributed by atoms with Crippen LogP contribution in [-0.2, 0) is 65.4 Å². The van der Waals surface area contributed by atoms with Crippen LogP contribution >= 0.6 is 15.6 Å². The summed E-state index contributed by atoms with van der Waals surface area (Å²) in [5.74, 6) is 0.217. The van der Waals surface area contributed by atoms with Crippen LogP contribution in [0.1, 0.15) is 453 Å². The number of hydrogen-bond acceptors (Lipinski definition) is 15. The van der Waals surface area contributed by atoms with Crippen molar-refractivity contribution in [3.63, 3.8) is 0 Å². The van der Waals surface area contributed by atoms with Crippen molar-refractivity contribution in [3.8, 4) is 0 Å². The first-order valence-electron chi connectivity index (χ1n) is 44.3. The van der Waals surface area contributed by atoms with Crippen LogP contribution in [0, 0.1) is 17.8 Å². The molecule has 0 saturated heterocycles. The van der Waals surface area contributed by atoms with E-state index in [1.165, 1.54) is 263 Å². The lowest BCUT2D eigenvalue weighted by Crippen LogP contribution is -2.30. The lowest BCUT2D eigenvalue weighted by molar-refractivity contribution is -0.161. The first-order valence-corrected chi connectivity index (χ1v) is 47.3. The van der Waals surface area contributed by atoms with Gasteiger partial charge in [0.2, 0.25) is 0 Å². The van der Waals surface area contributed by atoms with E-state index in [0.29, 0.717) is 25.7 Å². The Balaban J connectivity index is 5.25. The predicted molar refractivity (Wildman–Crippen MR) is 432 cm³/mol. The smallest absolute Gasteiger partial charge is 0.462 e. The van der Waals surface area contributed by atoms with Crippen molar-refractivity contribution in [3.05, 3.63) is 0 Å². The Bertz CT molecular complexity index is 2030. The van der Waals surface area contributed by atoms with E-state index < -0.39 is 97.5 Å². The molecular formula is C86H168O17P2. The SMILES string of the molecule is CCCCCCCCCCCCCCCCCCCCCCC(=O)O[C@H](COC(=O)CCCCCCCCCCCCCCCCCCC(C)C)COP(=O)(O)OC[C@@H](O)COP(=O)(O)OC[C@@H](COC(=O)CCCCCCCCCCCC(C)C)OC(=O)CCCCCCCCCCCCCC(C)C. The zero-order valence-electron chi connectivity index (χ0n) is 69.2. The van der Waals surface area contributed by atoms with Crippen LogP contribution in [0.5, 0.6) is 0 Å². The van der Waals surface area contributed by atoms with E-state index in [2.05, 4.69) is 48.5 Å². The van der Waals surface area contributed by atoms with Gasteiger partial charge in [-0.2, -0.15) is 0 Å². The molecule has 0 aliphatic heterocycles. The van der Waals surface area contributed by atoms with Crippen molar-refractivity contribution in [1.82, 2.24) is 0 Å². The lowest BCUT2D eigenvalue weighted by atomic mass is 10.0. The van der Waals surface area contributed by atoms with E-state index in [0.717, 1.165) is 108 Å². The van der Waals surface area contributed by atoms with Gasteiger partial charge in [-0.25, -0.2) is 9.13 Å². The van der Waals surface area contributed by atoms with Gasteiger partial charge in [0.15, 0.2) is 12.2 Å². The maximum atomic E-state index is 13.2. The molecule has 624 valence electrons. The number of ether oxygens (including phenoxy) is 4. The molecule has 17 nitrogen and oxygen atoms in total. The molecule has 0 radical (unpaired) electrons. The van der Waals surface area contributed by atoms with E-state index in [1.807, 2.05) is 0 Å². The minimum Gasteiger partial charge on any atom is -0.462 e. The quantitative estimate of drug-likeness (QED) is 0.0222. The molecule has 0 aliphatic carbocycles. The molecule has 0 saturated carbocycles. The molecule has 2 unspecified atom stereocenters. The number of aliphatic hydroxyl groups excluding tert-OH is 1. The average molecular weight is 1540 g/mol. The number of unbranched alkanes of at least 4 members (excludes halogenated alkanes) is 52. The molecule has 0 spiro atoms. The van der Waals surface area contributed by atoms with Crippen molar-refractivity contribution >= 4 is 39.5 Å². The van der Waals surface area contributed by atoms with Gasteiger partial charge in [-0.05, 0) is 43.4 Å². The fourth-order valence-corrected chi connectivity index (χ4v) is 14.9. The summed E-state index contributed by atoms with van der Waals surface area (Å²) in [6, 6.07) is 0. The third kappa shape index (κ3) is 79.9. The normalized spacial score (nSPS) is 13.9. The number of carbonyl (C=O) groups is 4. The van der Waals surface area contributed by atoms with Gasteiger partial charge in [-0.1, -0.05) is 402 Å². The highest BCUT2D eigenvalue weighted by Gasteiger charge is 2.30. The summed E-state index contributed by atoms with van der Waals surface area (Å²) in [5, 5.41) is 10.7. The van der Waals surface area contributed by atoms with Crippen molar-refractivity contribution < 1.29 is 80.2 Å². The van der Waals surface area contributed by atoms with Gasteiger partial charge >= 0.3 is 39.5 Å². The molecule has 0 aromatic rings. The largest absolute Gasteiger partial charge is 0.472 e. The molecule has 19 heteroatoms. The third-order valence-corrected chi connectivity index (χ3v) is 22.0. The second kappa shape index (κ2) is 76.1. The summed E-state index contributed by atoms with van der Waals surface area (Å²) in [7, 11) is -9.93. The molecule has 0 bridgehead atoms. The maximum absolute atomic E-state index is 13.2. The van der Waals surface area contributed by atoms with Crippen LogP contribution in [0.15, 0.2) is 0 Å². The monoisotopic (exact) mass is 1540 g/mol. The van der Waals surface area contributed by atoms with E-state index >= 15 is 0 Å². The first kappa shape index (κ1) is 103. The maximum Gasteiger partial charge on any atom is 0.472 e. The molecule has 0 rings (SSSR count). The molecule has 0 heterocycles. The van der Waals surface area contributed by atoms with Gasteiger partial charge in [-0.3, -0.25) is 37.3 Å². The number of rotatable bonds is 84. The summed E-state index contributed by atoms with van der Waals surface area (Å²) >= 11 is 0. The van der Waals surface area contributed by atoms with E-state index in [4.69, 9.17) is 37.0 Å². The second-order valence-electron chi connectivity index (χ2n) is 32.4. The number of phosphoric ester groups is 2. The van der Waals surface area contributed by atoms with Crippen molar-refractivity contribution in [2.75, 3.05) is 39.6 Å². The molecule has 0 fully saturated rings. The van der Waals surface area contributed by atoms with Crippen LogP contribution in [0.3, 0.4) is 0 Å². The Hall–Kier alpha value is -1.94. The first-order chi connectivity index (χ1) is 50.7. The Kier molecular flexibility index (Phi) is 74.7. The minimum atomic E-state index is -4.97. The Morgan fingerprint density at radius 3 is 0.648 bits per heavy atom. The summed E-state index contributed by atoms with van der Waals surface area (Å²) < 4.78 is 68.9. The third-order valence-electron chi connectivity index (χ3n) is 20.1. The molecule has 0 aliphatic rings. The Morgan fingerprint density at radius 2 is 0.438 bits per heavy atom. The molecule has 105 heavy (non-hydrogen) atoms. The van der Waals surface area contributed by atoms with Gasteiger partial charge in [0, 0.05) is 25.7 Å². The summed E-state index contributed by atoms with van der Waals surface area (Å²) in [5.41, 5.74) is 0. The molecular weight excluding hydrogens is 1370 g/mol. The molecule has 3 N–H and O–H groups in total. The zero-order chi connectivity index (χ0) is 77.2. The highest BCUT2D eigenvalue weighted by molar-refractivity contribution is 7.47. The number of esters is 4. The highest BCUT2D eigenvalue weighted by atomic mass is 31.2. The predicted octanol–water partition coefficient (Wildman–Crippen LogP) is 26.1. The van der Waals surface area contributed by atoms with Crippen molar-refractivity contribution in [2.24, 2.45) is 17.8 Å². The van der Waals surface area contributed by atoms with Crippen LogP contribution in [-0.4, -0.2) is 96.7 Å². The van der Waals surface area contributed by atoms with E-state index in [1.54, 1.807) is 0 Å². The number of carbonyl (C=O) groups excluding carboxylic acids is 4. The standard InChI is InChI=1S/C86H168O17P2/c1-8-9-10-11-12-13-14-15-16-17-18-19-20-25-28-33-40-48-55-62-69-85(90)102-81(73-96-83(88)67-60-53-46-39-32-27-24-22-21-23-26-30-36-43-50-57-64-77(2)3)75-100-104(92,93)98-71-80(87)72-99-105(94,95)101-76-82(74-97-84(89)68-61-54-47-42-35-38-45-52-59-66-79(6)7)103-86(91)70-63-56-49-41-34-29-31-37-44-51-58-65-78(4)5/h77-82,87H,8-76H2,1-7H3,(H,92,93)(H,94,95)/t80-,81-,82-/m1/s1. The zero-order valence-corrected chi connectivity index (χ0v) is 71.0. The fraction of sp³-hybridized carbons (Fsp3) is 0.953. The van der Waals surface area contributed by atoms with Gasteiger partial charge in [0.1, 0.15) is 19.3 Å². The lowest BCUT2D eigenvalue weighted by Gasteiger charge is -2.21. The van der Waals surface area contributed by atoms with Crippen LogP contribution < -0.4 is 0 Å². The Morgan fingerprint density at radius 1 is 0.257 bits per heavy atom. The average Bonchev–Trinajstić information content (AvgIpc) is 0.942. The van der Waals surface area contributed by atoms with Gasteiger partial charge in [0.25, 0.3) is 0 Å². The Labute approximate surface area is 645 Å². The van der Waals surface area contributed by atoms with Crippen LogP contribution in [0.4, 0.5) is 0 Å². The fourth-order valence-electron chi connectivity index (χ4n) is 13.4. The van der Waals surface area contributed by atoms with Gasteiger partial charge in [0.05, 0.1) is 26.4 Å². The molecule has 5 atom stereocenters. The number of hydrogen-bond donors (Lipinski definition) is 3. The molecule has 0 aromatic carbocycles. The van der Waals surface area contributed by atoms with Crippen molar-refractivity contribution in [1.29, 1.82) is 0 Å². The molecule has 0 aromatic heterocycles. The van der Waals surface area contributed by atoms with Crippen molar-refractivity contribution in [2.45, 2.75) is 471 Å². The summed E-state index contributed by atoms with van der Waals surface area (Å²) in [4.78, 5) is 73.2. The summed E-state index contributed by atoms with van der Waals surface area (Å²) in [6.07, 6.45) is 66.7. The number of aliphatic hydroxyl groups is 1. The van der Waals surface area contributed by atoms with Gasteiger partial charge in [-0.15, -0.1) is 0 Å². The van der Waals surface area contributed by atoms with Crippen LogP contribution in [0.2, 0.25) is 0 Å². The van der Waals surface area contributed by atoms with Crippen LogP contribution in [0.25, 0.3) is 0 Å².